The van der Waals surface area contributed by atoms with Gasteiger partial charge in [-0.1, -0.05) is 12.1 Å². The molecule has 0 spiro atoms. The largest absolute Gasteiger partial charge is 0.289 e. The van der Waals surface area contributed by atoms with E-state index in [1.165, 1.54) is 0 Å². The molecule has 2 aromatic rings. The van der Waals surface area contributed by atoms with E-state index in [1.807, 2.05) is 26.0 Å². The Hall–Kier alpha value is -1.91. The molecule has 0 saturated heterocycles. The Bertz CT molecular complexity index is 599. The van der Waals surface area contributed by atoms with Gasteiger partial charge in [0.15, 0.2) is 0 Å². The molecule has 5 heteroatoms. The lowest BCUT2D eigenvalue weighted by molar-refractivity contribution is 0.145. The van der Waals surface area contributed by atoms with Crippen LogP contribution in [0.2, 0.25) is 0 Å². The van der Waals surface area contributed by atoms with Gasteiger partial charge in [0.25, 0.3) is 12.0 Å². The molecule has 0 aliphatic carbocycles. The molecule has 0 radical (unpaired) electrons. The van der Waals surface area contributed by atoms with Gasteiger partial charge in [0.1, 0.15) is 5.69 Å². The van der Waals surface area contributed by atoms with E-state index in [0.717, 1.165) is 21.9 Å². The highest BCUT2D eigenvalue weighted by atomic mass is 19.3. The summed E-state index contributed by atoms with van der Waals surface area (Å²) in [4.78, 5) is 11.6. The second kappa shape index (κ2) is 4.16. The van der Waals surface area contributed by atoms with Crippen molar-refractivity contribution in [3.05, 3.63) is 51.4 Å². The minimum absolute atomic E-state index is 0.365. The van der Waals surface area contributed by atoms with Gasteiger partial charge in [0.2, 0.25) is 0 Å². The predicted octanol–water partition coefficient (Wildman–Crippen LogP) is 2.72. The lowest BCUT2D eigenvalue weighted by Gasteiger charge is -2.07. The summed E-state index contributed by atoms with van der Waals surface area (Å²) in [5, 5.41) is 2.42. The third-order valence-corrected chi connectivity index (χ3v) is 2.58. The van der Waals surface area contributed by atoms with Gasteiger partial charge in [0, 0.05) is 6.07 Å². The topological polar surface area (TPSA) is 37.8 Å². The normalized spacial score (nSPS) is 11.1. The Morgan fingerprint density at radius 3 is 2.53 bits per heavy atom. The van der Waals surface area contributed by atoms with Crippen LogP contribution in [0.3, 0.4) is 0 Å². The van der Waals surface area contributed by atoms with Crippen LogP contribution in [0.1, 0.15) is 23.2 Å². The van der Waals surface area contributed by atoms with Crippen molar-refractivity contribution < 1.29 is 8.78 Å². The lowest BCUT2D eigenvalue weighted by Crippen LogP contribution is -2.14. The predicted molar refractivity (Wildman–Crippen MR) is 60.8 cm³/mol. The number of aromatic amines is 1. The fourth-order valence-corrected chi connectivity index (χ4v) is 1.67. The highest BCUT2D eigenvalue weighted by Crippen LogP contribution is 2.17. The van der Waals surface area contributed by atoms with Gasteiger partial charge in [-0.3, -0.25) is 9.89 Å². The quantitative estimate of drug-likeness (QED) is 0.858. The highest BCUT2D eigenvalue weighted by Gasteiger charge is 2.14. The van der Waals surface area contributed by atoms with Crippen molar-refractivity contribution in [1.29, 1.82) is 0 Å². The summed E-state index contributed by atoms with van der Waals surface area (Å²) in [7, 11) is 0. The van der Waals surface area contributed by atoms with Gasteiger partial charge in [-0.2, -0.15) is 0 Å². The number of nitrogens with one attached hydrogen (secondary N) is 1. The van der Waals surface area contributed by atoms with Crippen molar-refractivity contribution >= 4 is 0 Å². The van der Waals surface area contributed by atoms with Crippen LogP contribution in [0, 0.1) is 13.8 Å². The molecule has 3 nitrogen and oxygen atoms in total. The molecule has 0 amide bonds. The van der Waals surface area contributed by atoms with Crippen LogP contribution in [-0.2, 0) is 0 Å². The second-order valence-corrected chi connectivity index (χ2v) is 3.98. The fourth-order valence-electron chi connectivity index (χ4n) is 1.67. The first kappa shape index (κ1) is 11.6. The summed E-state index contributed by atoms with van der Waals surface area (Å²) in [5.41, 5.74) is 1.57. The number of aryl methyl sites for hydroxylation is 2. The average Bonchev–Trinajstić information content (AvgIpc) is 2.64. The molecule has 0 bridgehead atoms. The monoisotopic (exact) mass is 238 g/mol. The van der Waals surface area contributed by atoms with E-state index in [-0.39, 0.29) is 5.69 Å². The number of alkyl halides is 2. The van der Waals surface area contributed by atoms with Crippen molar-refractivity contribution in [2.24, 2.45) is 0 Å². The number of hydrogen-bond acceptors (Lipinski definition) is 1. The molecule has 1 N–H and O–H groups in total. The second-order valence-electron chi connectivity index (χ2n) is 3.98. The number of aromatic nitrogens is 2. The van der Waals surface area contributed by atoms with Crippen LogP contribution in [-0.4, -0.2) is 9.78 Å². The molecule has 0 atom stereocenters. The van der Waals surface area contributed by atoms with Gasteiger partial charge in [-0.05, 0) is 31.0 Å². The summed E-state index contributed by atoms with van der Waals surface area (Å²) < 4.78 is 26.1. The SMILES string of the molecule is Cc1ccc(C)c(-n2[nH]c(C(F)F)cc2=O)c1. The molecule has 0 unspecified atom stereocenters. The van der Waals surface area contributed by atoms with E-state index in [1.54, 1.807) is 6.07 Å². The number of rotatable bonds is 2. The van der Waals surface area contributed by atoms with Crippen LogP contribution >= 0.6 is 0 Å². The summed E-state index contributed by atoms with van der Waals surface area (Å²) in [6.07, 6.45) is -2.67. The molecular formula is C12H12F2N2O. The fraction of sp³-hybridized carbons (Fsp3) is 0.250. The average molecular weight is 238 g/mol. The van der Waals surface area contributed by atoms with E-state index < -0.39 is 12.0 Å². The number of hydrogen-bond donors (Lipinski definition) is 1. The summed E-state index contributed by atoms with van der Waals surface area (Å²) >= 11 is 0. The third kappa shape index (κ3) is 2.13. The van der Waals surface area contributed by atoms with Crippen molar-refractivity contribution in [1.82, 2.24) is 9.78 Å². The van der Waals surface area contributed by atoms with Crippen molar-refractivity contribution in [2.45, 2.75) is 20.3 Å². The molecular weight excluding hydrogens is 226 g/mol. The number of halogens is 2. The zero-order valence-electron chi connectivity index (χ0n) is 9.50. The van der Waals surface area contributed by atoms with E-state index >= 15 is 0 Å². The first-order valence-electron chi connectivity index (χ1n) is 5.17. The highest BCUT2D eigenvalue weighted by molar-refractivity contribution is 5.42. The molecule has 17 heavy (non-hydrogen) atoms. The first-order chi connectivity index (χ1) is 7.99. The van der Waals surface area contributed by atoms with Gasteiger partial charge in [-0.25, -0.2) is 13.5 Å². The Kier molecular flexibility index (Phi) is 2.83. The Balaban J connectivity index is 2.60. The van der Waals surface area contributed by atoms with Crippen LogP contribution in [0.15, 0.2) is 29.1 Å². The van der Waals surface area contributed by atoms with E-state index in [2.05, 4.69) is 5.10 Å². The zero-order chi connectivity index (χ0) is 12.6. The third-order valence-electron chi connectivity index (χ3n) is 2.58. The number of H-pyrrole nitrogens is 1. The minimum Gasteiger partial charge on any atom is -0.289 e. The Labute approximate surface area is 96.7 Å². The minimum atomic E-state index is -2.67. The van der Waals surface area contributed by atoms with Crippen molar-refractivity contribution in [2.75, 3.05) is 0 Å². The molecule has 1 aromatic heterocycles. The molecule has 1 aromatic carbocycles. The molecule has 2 rings (SSSR count). The Morgan fingerprint density at radius 2 is 1.94 bits per heavy atom. The Morgan fingerprint density at radius 1 is 1.24 bits per heavy atom. The molecule has 0 aliphatic heterocycles. The van der Waals surface area contributed by atoms with E-state index in [9.17, 15) is 13.6 Å². The van der Waals surface area contributed by atoms with Gasteiger partial charge in [0.05, 0.1) is 5.69 Å². The molecule has 0 saturated carbocycles. The number of nitrogens with zero attached hydrogens (tertiary/aromatic N) is 1. The molecule has 0 fully saturated rings. The van der Waals surface area contributed by atoms with Gasteiger partial charge in [-0.15, -0.1) is 0 Å². The van der Waals surface area contributed by atoms with E-state index in [0.29, 0.717) is 5.69 Å². The van der Waals surface area contributed by atoms with E-state index in [4.69, 9.17) is 0 Å². The lowest BCUT2D eigenvalue weighted by atomic mass is 10.1. The molecule has 0 aliphatic rings. The van der Waals surface area contributed by atoms with Crippen LogP contribution < -0.4 is 5.56 Å². The zero-order valence-corrected chi connectivity index (χ0v) is 9.50. The number of benzene rings is 1. The standard InChI is InChI=1S/C12H12F2N2O/c1-7-3-4-8(2)10(5-7)16-11(17)6-9(15-16)12(13)14/h3-6,12,15H,1-2H3. The van der Waals surface area contributed by atoms with Crippen LogP contribution in [0.4, 0.5) is 8.78 Å². The molecule has 90 valence electrons. The van der Waals surface area contributed by atoms with Crippen molar-refractivity contribution in [3.63, 3.8) is 0 Å². The van der Waals surface area contributed by atoms with Gasteiger partial charge < -0.3 is 0 Å². The van der Waals surface area contributed by atoms with Gasteiger partial charge >= 0.3 is 0 Å². The van der Waals surface area contributed by atoms with Crippen molar-refractivity contribution in [3.8, 4) is 5.69 Å². The maximum absolute atomic E-state index is 12.5. The molecule has 1 heterocycles. The van der Waals surface area contributed by atoms with Crippen LogP contribution in [0.5, 0.6) is 0 Å². The summed E-state index contributed by atoms with van der Waals surface area (Å²) in [5.74, 6) is 0. The summed E-state index contributed by atoms with van der Waals surface area (Å²) in [6, 6.07) is 6.45. The maximum Gasteiger partial charge on any atom is 0.279 e. The summed E-state index contributed by atoms with van der Waals surface area (Å²) in [6.45, 7) is 3.70. The first-order valence-corrected chi connectivity index (χ1v) is 5.17. The smallest absolute Gasteiger partial charge is 0.279 e. The van der Waals surface area contributed by atoms with Crippen LogP contribution in [0.25, 0.3) is 5.69 Å². The maximum atomic E-state index is 12.5.